The molecule has 0 aliphatic carbocycles. The molecular formula is C23H23N. The van der Waals surface area contributed by atoms with E-state index in [4.69, 9.17) is 4.99 Å². The van der Waals surface area contributed by atoms with Crippen molar-refractivity contribution in [1.82, 2.24) is 0 Å². The number of nitrogens with zero attached hydrogens (tertiary/aromatic N) is 1. The third-order valence-electron chi connectivity index (χ3n) is 4.36. The van der Waals surface area contributed by atoms with Crippen LogP contribution in [0.1, 0.15) is 35.2 Å². The molecule has 0 fully saturated rings. The smallest absolute Gasteiger partial charge is 0.0723 e. The number of benzene rings is 3. The first kappa shape index (κ1) is 16.2. The van der Waals surface area contributed by atoms with E-state index in [-0.39, 0.29) is 6.04 Å². The van der Waals surface area contributed by atoms with Crippen LogP contribution in [-0.4, -0.2) is 6.21 Å². The molecule has 0 aromatic heterocycles. The van der Waals surface area contributed by atoms with Crippen LogP contribution in [0.5, 0.6) is 0 Å². The molecule has 0 N–H and O–H groups in total. The highest BCUT2D eigenvalue weighted by atomic mass is 14.8. The van der Waals surface area contributed by atoms with Crippen molar-refractivity contribution in [2.45, 2.75) is 26.8 Å². The molecule has 0 radical (unpaired) electrons. The summed E-state index contributed by atoms with van der Waals surface area (Å²) in [4.78, 5) is 4.82. The second-order valence-electron chi connectivity index (χ2n) is 6.27. The van der Waals surface area contributed by atoms with Crippen LogP contribution < -0.4 is 0 Å². The average molecular weight is 313 g/mol. The topological polar surface area (TPSA) is 12.4 Å². The van der Waals surface area contributed by atoms with Gasteiger partial charge in [0, 0.05) is 11.8 Å². The van der Waals surface area contributed by atoms with Gasteiger partial charge in [-0.15, -0.1) is 0 Å². The Morgan fingerprint density at radius 2 is 1.54 bits per heavy atom. The van der Waals surface area contributed by atoms with Crippen LogP contribution in [0.15, 0.2) is 77.8 Å². The lowest BCUT2D eigenvalue weighted by molar-refractivity contribution is 0.816. The quantitative estimate of drug-likeness (QED) is 0.512. The lowest BCUT2D eigenvalue weighted by Crippen LogP contribution is -1.96. The predicted octanol–water partition coefficient (Wildman–Crippen LogP) is 6.15. The van der Waals surface area contributed by atoms with Gasteiger partial charge in [0.15, 0.2) is 0 Å². The van der Waals surface area contributed by atoms with E-state index in [1.165, 1.54) is 27.8 Å². The van der Waals surface area contributed by atoms with Crippen molar-refractivity contribution >= 4 is 6.21 Å². The van der Waals surface area contributed by atoms with E-state index in [2.05, 4.69) is 87.5 Å². The van der Waals surface area contributed by atoms with Gasteiger partial charge < -0.3 is 0 Å². The zero-order chi connectivity index (χ0) is 16.9. The number of hydrogen-bond donors (Lipinski definition) is 0. The summed E-state index contributed by atoms with van der Waals surface area (Å²) in [6, 6.07) is 25.6. The van der Waals surface area contributed by atoms with Gasteiger partial charge in [0.25, 0.3) is 0 Å². The fourth-order valence-corrected chi connectivity index (χ4v) is 3.06. The molecule has 1 unspecified atom stereocenters. The molecule has 1 heteroatoms. The second kappa shape index (κ2) is 7.27. The van der Waals surface area contributed by atoms with Crippen LogP contribution in [0, 0.1) is 13.8 Å². The van der Waals surface area contributed by atoms with Crippen molar-refractivity contribution in [2.75, 3.05) is 0 Å². The van der Waals surface area contributed by atoms with E-state index in [0.717, 1.165) is 5.56 Å². The monoisotopic (exact) mass is 313 g/mol. The maximum Gasteiger partial charge on any atom is 0.0723 e. The SMILES string of the molecule is Cc1ccc(C(C)N=Cc2ccccc2-c2ccccc2)c(C)c1. The Kier molecular flexibility index (Phi) is 4.90. The Bertz CT molecular complexity index is 847. The predicted molar refractivity (Wildman–Crippen MR) is 104 cm³/mol. The van der Waals surface area contributed by atoms with Crippen LogP contribution in [0.2, 0.25) is 0 Å². The Hall–Kier alpha value is -2.67. The lowest BCUT2D eigenvalue weighted by atomic mass is 9.99. The first-order valence-corrected chi connectivity index (χ1v) is 8.40. The molecule has 0 amide bonds. The second-order valence-corrected chi connectivity index (χ2v) is 6.27. The van der Waals surface area contributed by atoms with E-state index in [9.17, 15) is 0 Å². The van der Waals surface area contributed by atoms with E-state index in [1.54, 1.807) is 0 Å². The summed E-state index contributed by atoms with van der Waals surface area (Å²) < 4.78 is 0. The maximum atomic E-state index is 4.82. The van der Waals surface area contributed by atoms with Gasteiger partial charge in [-0.2, -0.15) is 0 Å². The molecule has 1 atom stereocenters. The van der Waals surface area contributed by atoms with Crippen molar-refractivity contribution in [2.24, 2.45) is 4.99 Å². The van der Waals surface area contributed by atoms with Gasteiger partial charge in [-0.05, 0) is 43.0 Å². The largest absolute Gasteiger partial charge is 0.285 e. The number of aliphatic imine (C=N–C) groups is 1. The van der Waals surface area contributed by atoms with Crippen LogP contribution in [0.25, 0.3) is 11.1 Å². The zero-order valence-electron chi connectivity index (χ0n) is 14.5. The summed E-state index contributed by atoms with van der Waals surface area (Å²) in [5.41, 5.74) is 7.47. The summed E-state index contributed by atoms with van der Waals surface area (Å²) in [5.74, 6) is 0. The Balaban J connectivity index is 1.90. The molecule has 0 bridgehead atoms. The molecule has 1 nitrogen and oxygen atoms in total. The van der Waals surface area contributed by atoms with Gasteiger partial charge in [0.2, 0.25) is 0 Å². The molecule has 3 aromatic rings. The molecule has 24 heavy (non-hydrogen) atoms. The van der Waals surface area contributed by atoms with Crippen molar-refractivity contribution in [3.05, 3.63) is 95.1 Å². The highest BCUT2D eigenvalue weighted by Gasteiger charge is 2.07. The van der Waals surface area contributed by atoms with Gasteiger partial charge in [0.05, 0.1) is 6.04 Å². The van der Waals surface area contributed by atoms with Crippen molar-refractivity contribution in [3.8, 4) is 11.1 Å². The minimum atomic E-state index is 0.148. The first-order valence-electron chi connectivity index (χ1n) is 8.40. The summed E-state index contributed by atoms with van der Waals surface area (Å²) in [6.45, 7) is 6.44. The summed E-state index contributed by atoms with van der Waals surface area (Å²) in [7, 11) is 0. The minimum Gasteiger partial charge on any atom is -0.285 e. The first-order chi connectivity index (χ1) is 11.6. The fraction of sp³-hybridized carbons (Fsp3) is 0.174. The lowest BCUT2D eigenvalue weighted by Gasteiger charge is -2.12. The molecule has 0 saturated heterocycles. The standard InChI is InChI=1S/C23H23N/c1-17-13-14-22(18(2)15-17)19(3)24-16-21-11-7-8-12-23(21)20-9-5-4-6-10-20/h4-16,19H,1-3H3. The molecule has 0 aliphatic rings. The van der Waals surface area contributed by atoms with E-state index >= 15 is 0 Å². The zero-order valence-corrected chi connectivity index (χ0v) is 14.5. The van der Waals surface area contributed by atoms with Crippen molar-refractivity contribution in [3.63, 3.8) is 0 Å². The van der Waals surface area contributed by atoms with Crippen molar-refractivity contribution in [1.29, 1.82) is 0 Å². The molecule has 0 heterocycles. The van der Waals surface area contributed by atoms with Gasteiger partial charge in [-0.25, -0.2) is 0 Å². The normalized spacial score (nSPS) is 12.5. The van der Waals surface area contributed by atoms with Gasteiger partial charge in [-0.1, -0.05) is 78.4 Å². The number of rotatable bonds is 4. The average Bonchev–Trinajstić information content (AvgIpc) is 2.61. The van der Waals surface area contributed by atoms with Gasteiger partial charge in [0.1, 0.15) is 0 Å². The maximum absolute atomic E-state index is 4.82. The van der Waals surface area contributed by atoms with Gasteiger partial charge >= 0.3 is 0 Å². The third kappa shape index (κ3) is 3.62. The molecule has 0 aliphatic heterocycles. The van der Waals surface area contributed by atoms with E-state index < -0.39 is 0 Å². The van der Waals surface area contributed by atoms with Crippen LogP contribution in [0.3, 0.4) is 0 Å². The summed E-state index contributed by atoms with van der Waals surface area (Å²) >= 11 is 0. The Labute approximate surface area is 144 Å². The molecule has 0 saturated carbocycles. The third-order valence-corrected chi connectivity index (χ3v) is 4.36. The molecule has 3 aromatic carbocycles. The summed E-state index contributed by atoms with van der Waals surface area (Å²) in [6.07, 6.45) is 2.01. The van der Waals surface area contributed by atoms with Crippen LogP contribution in [-0.2, 0) is 0 Å². The highest BCUT2D eigenvalue weighted by Crippen LogP contribution is 2.24. The number of hydrogen-bond acceptors (Lipinski definition) is 1. The van der Waals surface area contributed by atoms with Gasteiger partial charge in [-0.3, -0.25) is 4.99 Å². The highest BCUT2D eigenvalue weighted by molar-refractivity contribution is 5.90. The fourth-order valence-electron chi connectivity index (χ4n) is 3.06. The van der Waals surface area contributed by atoms with Crippen molar-refractivity contribution < 1.29 is 0 Å². The number of aryl methyl sites for hydroxylation is 2. The Morgan fingerprint density at radius 1 is 0.833 bits per heavy atom. The molecule has 3 rings (SSSR count). The van der Waals surface area contributed by atoms with Crippen LogP contribution >= 0.6 is 0 Å². The van der Waals surface area contributed by atoms with Crippen LogP contribution in [0.4, 0.5) is 0 Å². The molecule has 120 valence electrons. The minimum absolute atomic E-state index is 0.148. The molecular weight excluding hydrogens is 290 g/mol. The van der Waals surface area contributed by atoms with E-state index in [1.807, 2.05) is 12.3 Å². The Morgan fingerprint density at radius 3 is 2.29 bits per heavy atom. The van der Waals surface area contributed by atoms with E-state index in [0.29, 0.717) is 0 Å². The summed E-state index contributed by atoms with van der Waals surface area (Å²) in [5, 5.41) is 0. The molecule has 0 spiro atoms.